The Morgan fingerprint density at radius 3 is 2.95 bits per heavy atom. The molecule has 1 aliphatic rings. The van der Waals surface area contributed by atoms with E-state index in [1.807, 2.05) is 0 Å². The zero-order chi connectivity index (χ0) is 14.5. The quantitative estimate of drug-likeness (QED) is 0.862. The molecule has 0 radical (unpaired) electrons. The van der Waals surface area contributed by atoms with E-state index in [1.54, 1.807) is 7.11 Å². The van der Waals surface area contributed by atoms with Gasteiger partial charge in [-0.2, -0.15) is 0 Å². The fourth-order valence-corrected chi connectivity index (χ4v) is 2.95. The second kappa shape index (κ2) is 7.07. The summed E-state index contributed by atoms with van der Waals surface area (Å²) in [6, 6.07) is 9.11. The summed E-state index contributed by atoms with van der Waals surface area (Å²) in [5.41, 5.74) is 2.57. The molecule has 1 N–H and O–H groups in total. The first-order valence-corrected chi connectivity index (χ1v) is 7.30. The third-order valence-electron chi connectivity index (χ3n) is 3.94. The van der Waals surface area contributed by atoms with Gasteiger partial charge in [-0.05, 0) is 37.1 Å². The predicted molar refractivity (Wildman–Crippen MR) is 82.2 cm³/mol. The van der Waals surface area contributed by atoms with Crippen LogP contribution in [0.15, 0.2) is 24.3 Å². The first-order chi connectivity index (χ1) is 9.61. The van der Waals surface area contributed by atoms with Crippen molar-refractivity contribution < 1.29 is 9.84 Å². The third-order valence-corrected chi connectivity index (χ3v) is 3.94. The number of hydrogen-bond acceptors (Lipinski definition) is 4. The van der Waals surface area contributed by atoms with Crippen LogP contribution in [0, 0.1) is 0 Å². The van der Waals surface area contributed by atoms with Crippen LogP contribution in [0.5, 0.6) is 0 Å². The number of likely N-dealkylation sites (tertiary alicyclic amines) is 1. The van der Waals surface area contributed by atoms with E-state index < -0.39 is 6.10 Å². The minimum absolute atomic E-state index is 0.404. The molecule has 0 amide bonds. The average Bonchev–Trinajstić information content (AvgIpc) is 2.87. The molecule has 1 aromatic rings. The number of rotatable bonds is 6. The zero-order valence-electron chi connectivity index (χ0n) is 12.7. The fourth-order valence-electron chi connectivity index (χ4n) is 2.95. The van der Waals surface area contributed by atoms with Crippen molar-refractivity contribution in [3.8, 4) is 0 Å². The van der Waals surface area contributed by atoms with E-state index in [-0.39, 0.29) is 0 Å². The van der Waals surface area contributed by atoms with E-state index >= 15 is 0 Å². The molecule has 1 fully saturated rings. The number of methoxy groups -OCH3 is 1. The van der Waals surface area contributed by atoms with Crippen LogP contribution in [0.1, 0.15) is 24.4 Å². The minimum atomic E-state index is -0.405. The van der Waals surface area contributed by atoms with E-state index in [1.165, 1.54) is 17.7 Å². The van der Waals surface area contributed by atoms with Crippen LogP contribution in [-0.4, -0.2) is 57.0 Å². The normalized spacial score (nSPS) is 21.1. The highest BCUT2D eigenvalue weighted by atomic mass is 16.5. The summed E-state index contributed by atoms with van der Waals surface area (Å²) >= 11 is 0. The highest BCUT2D eigenvalue weighted by molar-refractivity contribution is 5.48. The molecule has 0 aromatic heterocycles. The minimum Gasteiger partial charge on any atom is -0.389 e. The molecule has 0 saturated carbocycles. The Hall–Kier alpha value is -1.10. The lowest BCUT2D eigenvalue weighted by Gasteiger charge is -2.27. The molecule has 1 aromatic carbocycles. The van der Waals surface area contributed by atoms with Crippen LogP contribution in [-0.2, 0) is 4.74 Å². The van der Waals surface area contributed by atoms with E-state index in [0.29, 0.717) is 19.2 Å². The van der Waals surface area contributed by atoms with Crippen molar-refractivity contribution in [1.82, 2.24) is 4.90 Å². The van der Waals surface area contributed by atoms with Crippen LogP contribution in [0.25, 0.3) is 0 Å². The summed E-state index contributed by atoms with van der Waals surface area (Å²) in [5.74, 6) is 0. The van der Waals surface area contributed by atoms with Gasteiger partial charge in [0.1, 0.15) is 0 Å². The van der Waals surface area contributed by atoms with Gasteiger partial charge in [-0.3, -0.25) is 4.90 Å². The van der Waals surface area contributed by atoms with Crippen molar-refractivity contribution in [3.63, 3.8) is 0 Å². The predicted octanol–water partition coefficient (Wildman–Crippen LogP) is 1.90. The maximum Gasteiger partial charge on any atom is 0.0900 e. The van der Waals surface area contributed by atoms with Crippen molar-refractivity contribution in [2.24, 2.45) is 0 Å². The van der Waals surface area contributed by atoms with Gasteiger partial charge in [0, 0.05) is 39.5 Å². The standard InChI is InChI=1S/C16H26N2O2/c1-17(2)14-7-4-6-13(10-14)16-8-5-9-18(16)11-15(19)12-20-3/h4,6-7,10,15-16,19H,5,8-9,11-12H2,1-3H3/t15-,16-/m1/s1. The van der Waals surface area contributed by atoms with Crippen molar-refractivity contribution in [2.45, 2.75) is 25.0 Å². The van der Waals surface area contributed by atoms with E-state index in [0.717, 1.165) is 13.0 Å². The Morgan fingerprint density at radius 1 is 1.45 bits per heavy atom. The molecule has 20 heavy (non-hydrogen) atoms. The molecule has 1 saturated heterocycles. The molecule has 1 heterocycles. The van der Waals surface area contributed by atoms with Crippen molar-refractivity contribution in [2.75, 3.05) is 45.8 Å². The lowest BCUT2D eigenvalue weighted by atomic mass is 10.0. The highest BCUT2D eigenvalue weighted by Gasteiger charge is 2.27. The summed E-state index contributed by atoms with van der Waals surface area (Å²) < 4.78 is 5.02. The van der Waals surface area contributed by atoms with Crippen molar-refractivity contribution in [3.05, 3.63) is 29.8 Å². The van der Waals surface area contributed by atoms with Crippen LogP contribution >= 0.6 is 0 Å². The van der Waals surface area contributed by atoms with E-state index in [2.05, 4.69) is 48.2 Å². The number of nitrogens with zero attached hydrogens (tertiary/aromatic N) is 2. The number of aliphatic hydroxyl groups is 1. The lowest BCUT2D eigenvalue weighted by Crippen LogP contribution is -2.34. The highest BCUT2D eigenvalue weighted by Crippen LogP contribution is 2.33. The van der Waals surface area contributed by atoms with E-state index in [4.69, 9.17) is 4.74 Å². The SMILES string of the molecule is COC[C@H](O)CN1CCC[C@@H]1c1cccc(N(C)C)c1. The van der Waals surface area contributed by atoms with Gasteiger partial charge in [0.25, 0.3) is 0 Å². The number of hydrogen-bond donors (Lipinski definition) is 1. The van der Waals surface area contributed by atoms with Crippen LogP contribution in [0.2, 0.25) is 0 Å². The second-order valence-electron chi connectivity index (χ2n) is 5.75. The molecular formula is C16H26N2O2. The molecule has 4 heteroatoms. The molecule has 1 aliphatic heterocycles. The third kappa shape index (κ3) is 3.72. The number of anilines is 1. The van der Waals surface area contributed by atoms with Crippen molar-refractivity contribution in [1.29, 1.82) is 0 Å². The van der Waals surface area contributed by atoms with Gasteiger partial charge in [0.2, 0.25) is 0 Å². The van der Waals surface area contributed by atoms with Crippen LogP contribution in [0.3, 0.4) is 0 Å². The summed E-state index contributed by atoms with van der Waals surface area (Å²) in [6.07, 6.45) is 1.95. The maximum absolute atomic E-state index is 9.94. The summed E-state index contributed by atoms with van der Waals surface area (Å²) in [6.45, 7) is 2.14. The largest absolute Gasteiger partial charge is 0.389 e. The first kappa shape index (κ1) is 15.3. The van der Waals surface area contributed by atoms with Gasteiger partial charge in [-0.15, -0.1) is 0 Å². The summed E-state index contributed by atoms with van der Waals surface area (Å²) in [5, 5.41) is 9.94. The number of ether oxygens (including phenoxy) is 1. The van der Waals surface area contributed by atoms with Crippen LogP contribution in [0.4, 0.5) is 5.69 Å². The smallest absolute Gasteiger partial charge is 0.0900 e. The molecule has 0 aliphatic carbocycles. The van der Waals surface area contributed by atoms with Crippen LogP contribution < -0.4 is 4.90 Å². The van der Waals surface area contributed by atoms with Gasteiger partial charge in [0.05, 0.1) is 12.7 Å². The lowest BCUT2D eigenvalue weighted by molar-refractivity contribution is 0.0346. The number of benzene rings is 1. The van der Waals surface area contributed by atoms with Gasteiger partial charge in [-0.25, -0.2) is 0 Å². The Bertz CT molecular complexity index is 423. The second-order valence-corrected chi connectivity index (χ2v) is 5.75. The Labute approximate surface area is 122 Å². The fraction of sp³-hybridized carbons (Fsp3) is 0.625. The van der Waals surface area contributed by atoms with E-state index in [9.17, 15) is 5.11 Å². The Balaban J connectivity index is 2.08. The molecule has 0 bridgehead atoms. The zero-order valence-corrected chi connectivity index (χ0v) is 12.7. The van der Waals surface area contributed by atoms with Gasteiger partial charge in [0.15, 0.2) is 0 Å². The molecule has 2 rings (SSSR count). The molecular weight excluding hydrogens is 252 g/mol. The average molecular weight is 278 g/mol. The number of β-amino-alcohol motifs (C(OH)–C–C–N with tert-alkyl or cyclic N) is 1. The molecule has 4 nitrogen and oxygen atoms in total. The topological polar surface area (TPSA) is 35.9 Å². The summed E-state index contributed by atoms with van der Waals surface area (Å²) in [4.78, 5) is 4.50. The van der Waals surface area contributed by atoms with Crippen molar-refractivity contribution >= 4 is 5.69 Å². The monoisotopic (exact) mass is 278 g/mol. The summed E-state index contributed by atoms with van der Waals surface area (Å²) in [7, 11) is 5.76. The van der Waals surface area contributed by atoms with Gasteiger partial charge < -0.3 is 14.7 Å². The molecule has 2 atom stereocenters. The first-order valence-electron chi connectivity index (χ1n) is 7.30. The molecule has 112 valence electrons. The van der Waals surface area contributed by atoms with Gasteiger partial charge in [-0.1, -0.05) is 12.1 Å². The van der Waals surface area contributed by atoms with Gasteiger partial charge >= 0.3 is 0 Å². The molecule has 0 unspecified atom stereocenters. The maximum atomic E-state index is 9.94. The molecule has 0 spiro atoms. The Morgan fingerprint density at radius 2 is 2.25 bits per heavy atom. The number of aliphatic hydroxyl groups excluding tert-OH is 1. The Kier molecular flexibility index (Phi) is 5.40.